The van der Waals surface area contributed by atoms with Crippen LogP contribution >= 0.6 is 0 Å². The molecule has 6 nitrogen and oxygen atoms in total. The zero-order valence-electron chi connectivity index (χ0n) is 14.3. The summed E-state index contributed by atoms with van der Waals surface area (Å²) in [5.74, 6) is -0.467. The van der Waals surface area contributed by atoms with Gasteiger partial charge < -0.3 is 16.4 Å². The Bertz CT molecular complexity index is 892. The van der Waals surface area contributed by atoms with Gasteiger partial charge in [-0.25, -0.2) is 8.78 Å². The Morgan fingerprint density at radius 2 is 1.50 bits per heavy atom. The summed E-state index contributed by atoms with van der Waals surface area (Å²) in [4.78, 5) is 13.0. The predicted molar refractivity (Wildman–Crippen MR) is 98.1 cm³/mol. The van der Waals surface area contributed by atoms with Crippen LogP contribution in [0.15, 0.2) is 42.5 Å². The summed E-state index contributed by atoms with van der Waals surface area (Å²) in [7, 11) is 0. The molecule has 3 aromatic rings. The number of hydrogen-bond donors (Lipinski definition) is 3. The zero-order valence-corrected chi connectivity index (χ0v) is 14.3. The van der Waals surface area contributed by atoms with Crippen LogP contribution in [-0.2, 0) is 0 Å². The Balaban J connectivity index is 2.00. The van der Waals surface area contributed by atoms with E-state index in [1.54, 1.807) is 24.3 Å². The van der Waals surface area contributed by atoms with Crippen LogP contribution in [0.5, 0.6) is 0 Å². The first-order valence-corrected chi connectivity index (χ1v) is 8.01. The monoisotopic (exact) mass is 356 g/mol. The summed E-state index contributed by atoms with van der Waals surface area (Å²) >= 11 is 0. The second-order valence-corrected chi connectivity index (χ2v) is 6.01. The molecule has 0 spiro atoms. The number of nitrogens with two attached hydrogens (primary N) is 1. The molecular weight excluding hydrogens is 338 g/mol. The highest BCUT2D eigenvalue weighted by Gasteiger charge is 2.11. The summed E-state index contributed by atoms with van der Waals surface area (Å²) in [6, 6.07) is 10.3. The van der Waals surface area contributed by atoms with Crippen molar-refractivity contribution in [2.75, 3.05) is 16.4 Å². The molecule has 0 fully saturated rings. The van der Waals surface area contributed by atoms with E-state index in [9.17, 15) is 8.78 Å². The van der Waals surface area contributed by atoms with Crippen molar-refractivity contribution < 1.29 is 8.78 Å². The van der Waals surface area contributed by atoms with E-state index in [1.165, 1.54) is 0 Å². The topological polar surface area (TPSA) is 88.8 Å². The number of benzene rings is 2. The van der Waals surface area contributed by atoms with Gasteiger partial charge in [-0.05, 0) is 50.2 Å². The second kappa shape index (κ2) is 7.30. The molecule has 0 amide bonds. The third-order valence-corrected chi connectivity index (χ3v) is 3.34. The van der Waals surface area contributed by atoms with Crippen molar-refractivity contribution in [2.45, 2.75) is 19.9 Å². The highest BCUT2D eigenvalue weighted by atomic mass is 19.1. The molecule has 0 saturated heterocycles. The van der Waals surface area contributed by atoms with Gasteiger partial charge in [0.05, 0.1) is 0 Å². The molecule has 134 valence electrons. The van der Waals surface area contributed by atoms with Crippen molar-refractivity contribution in [2.24, 2.45) is 0 Å². The molecule has 0 radical (unpaired) electrons. The fraction of sp³-hybridized carbons (Fsp3) is 0.167. The van der Waals surface area contributed by atoms with Gasteiger partial charge in [0.25, 0.3) is 0 Å². The lowest BCUT2D eigenvalue weighted by Crippen LogP contribution is -2.14. The normalized spacial score (nSPS) is 10.8. The lowest BCUT2D eigenvalue weighted by Gasteiger charge is -2.12. The highest BCUT2D eigenvalue weighted by Crippen LogP contribution is 2.22. The van der Waals surface area contributed by atoms with Gasteiger partial charge in [0.15, 0.2) is 5.82 Å². The van der Waals surface area contributed by atoms with Gasteiger partial charge in [-0.3, -0.25) is 0 Å². The zero-order chi connectivity index (χ0) is 18.7. The van der Waals surface area contributed by atoms with E-state index in [-0.39, 0.29) is 17.7 Å². The minimum atomic E-state index is -0.694. The molecule has 3 rings (SSSR count). The molecule has 0 unspecified atom stereocenters. The minimum absolute atomic E-state index is 0.0936. The maximum atomic E-state index is 13.4. The van der Waals surface area contributed by atoms with Gasteiger partial charge in [-0.15, -0.1) is 0 Å². The van der Waals surface area contributed by atoms with Crippen LogP contribution < -0.4 is 16.4 Å². The molecule has 26 heavy (non-hydrogen) atoms. The van der Waals surface area contributed by atoms with Gasteiger partial charge in [0.1, 0.15) is 11.6 Å². The summed E-state index contributed by atoms with van der Waals surface area (Å²) in [6.07, 6.45) is 0. The molecule has 4 N–H and O–H groups in total. The number of halogens is 2. The van der Waals surface area contributed by atoms with Crippen LogP contribution in [0.2, 0.25) is 0 Å². The maximum absolute atomic E-state index is 13.4. The van der Waals surface area contributed by atoms with E-state index in [1.807, 2.05) is 13.8 Å². The fourth-order valence-electron chi connectivity index (χ4n) is 2.27. The largest absolute Gasteiger partial charge is 0.399 e. The van der Waals surface area contributed by atoms with E-state index in [0.717, 1.165) is 23.8 Å². The van der Waals surface area contributed by atoms with Gasteiger partial charge in [-0.2, -0.15) is 15.0 Å². The van der Waals surface area contributed by atoms with Crippen molar-refractivity contribution >= 4 is 23.3 Å². The average molecular weight is 356 g/mol. The van der Waals surface area contributed by atoms with Crippen LogP contribution in [0, 0.1) is 11.6 Å². The summed E-state index contributed by atoms with van der Waals surface area (Å²) in [6.45, 7) is 3.89. The molecule has 0 bridgehead atoms. The molecule has 0 aliphatic rings. The Kier molecular flexibility index (Phi) is 4.92. The van der Waals surface area contributed by atoms with Crippen LogP contribution in [0.1, 0.15) is 13.8 Å². The van der Waals surface area contributed by atoms with Crippen molar-refractivity contribution in [3.63, 3.8) is 0 Å². The minimum Gasteiger partial charge on any atom is -0.399 e. The third-order valence-electron chi connectivity index (χ3n) is 3.34. The quantitative estimate of drug-likeness (QED) is 0.600. The van der Waals surface area contributed by atoms with E-state index in [2.05, 4.69) is 25.6 Å². The molecule has 0 atom stereocenters. The van der Waals surface area contributed by atoms with Crippen LogP contribution in [0.4, 0.5) is 32.1 Å². The van der Waals surface area contributed by atoms with E-state index >= 15 is 0 Å². The molecule has 8 heteroatoms. The summed E-state index contributed by atoms with van der Waals surface area (Å²) in [5.41, 5.74) is 7.27. The van der Waals surface area contributed by atoms with E-state index in [4.69, 9.17) is 5.73 Å². The standard InChI is InChI=1S/C18H18F2N6/c1-10(2)22-17-24-16(11-3-5-14(21)6-4-11)25-18(26-17)23-15-8-12(19)7-13(20)9-15/h3-10H,21H2,1-2H3,(H2,22,23,24,25,26). The Hall–Kier alpha value is -3.29. The molecule has 1 aromatic heterocycles. The second-order valence-electron chi connectivity index (χ2n) is 6.01. The third kappa shape index (κ3) is 4.41. The van der Waals surface area contributed by atoms with Gasteiger partial charge in [-0.1, -0.05) is 0 Å². The SMILES string of the molecule is CC(C)Nc1nc(Nc2cc(F)cc(F)c2)nc(-c2ccc(N)cc2)n1. The number of nitrogen functional groups attached to an aromatic ring is 1. The number of rotatable bonds is 5. The molecule has 0 aliphatic carbocycles. The van der Waals surface area contributed by atoms with Crippen molar-refractivity contribution in [3.8, 4) is 11.4 Å². The number of nitrogens with zero attached hydrogens (tertiary/aromatic N) is 3. The van der Waals surface area contributed by atoms with E-state index < -0.39 is 11.6 Å². The molecular formula is C18H18F2N6. The van der Waals surface area contributed by atoms with Crippen molar-refractivity contribution in [1.29, 1.82) is 0 Å². The molecule has 0 saturated carbocycles. The predicted octanol–water partition coefficient (Wildman–Crippen LogP) is 3.96. The first-order valence-electron chi connectivity index (χ1n) is 8.01. The summed E-state index contributed by atoms with van der Waals surface area (Å²) < 4.78 is 26.8. The molecule has 0 aliphatic heterocycles. The average Bonchev–Trinajstić information content (AvgIpc) is 2.53. The Labute approximate surface area is 149 Å². The van der Waals surface area contributed by atoms with Crippen LogP contribution in [0.25, 0.3) is 11.4 Å². The lowest BCUT2D eigenvalue weighted by atomic mass is 10.2. The van der Waals surface area contributed by atoms with E-state index in [0.29, 0.717) is 17.5 Å². The molecule has 2 aromatic carbocycles. The van der Waals surface area contributed by atoms with Gasteiger partial charge in [0.2, 0.25) is 11.9 Å². The Morgan fingerprint density at radius 3 is 2.12 bits per heavy atom. The van der Waals surface area contributed by atoms with Crippen LogP contribution in [0.3, 0.4) is 0 Å². The smallest absolute Gasteiger partial charge is 0.232 e. The number of nitrogens with one attached hydrogen (secondary N) is 2. The highest BCUT2D eigenvalue weighted by molar-refractivity contribution is 5.63. The number of aromatic nitrogens is 3. The number of anilines is 4. The maximum Gasteiger partial charge on any atom is 0.232 e. The lowest BCUT2D eigenvalue weighted by molar-refractivity contribution is 0.584. The summed E-state index contributed by atoms with van der Waals surface area (Å²) in [5, 5.41) is 5.91. The van der Waals surface area contributed by atoms with Gasteiger partial charge >= 0.3 is 0 Å². The molecule has 1 heterocycles. The first-order chi connectivity index (χ1) is 12.4. The fourth-order valence-corrected chi connectivity index (χ4v) is 2.27. The van der Waals surface area contributed by atoms with Crippen LogP contribution in [-0.4, -0.2) is 21.0 Å². The first kappa shape index (κ1) is 17.5. The van der Waals surface area contributed by atoms with Crippen molar-refractivity contribution in [3.05, 3.63) is 54.1 Å². The van der Waals surface area contributed by atoms with Gasteiger partial charge in [0, 0.05) is 29.0 Å². The Morgan fingerprint density at radius 1 is 0.885 bits per heavy atom. The number of hydrogen-bond acceptors (Lipinski definition) is 6. The van der Waals surface area contributed by atoms with Crippen molar-refractivity contribution in [1.82, 2.24) is 15.0 Å².